The van der Waals surface area contributed by atoms with Gasteiger partial charge in [0.2, 0.25) is 0 Å². The molecule has 0 heterocycles. The number of carboxylic acids is 1. The van der Waals surface area contributed by atoms with Gasteiger partial charge in [-0.1, -0.05) is 19.8 Å². The van der Waals surface area contributed by atoms with Gasteiger partial charge in [-0.15, -0.1) is 0 Å². The fraction of sp³-hybridized carbons (Fsp3) is 0.529. The van der Waals surface area contributed by atoms with Gasteiger partial charge in [0.15, 0.2) is 11.5 Å². The van der Waals surface area contributed by atoms with Crippen LogP contribution in [0.15, 0.2) is 18.2 Å². The lowest BCUT2D eigenvalue weighted by Gasteiger charge is -2.16. The Labute approximate surface area is 136 Å². The molecule has 0 aliphatic heterocycles. The van der Waals surface area contributed by atoms with Gasteiger partial charge in [0.1, 0.15) is 6.04 Å². The Morgan fingerprint density at radius 2 is 1.96 bits per heavy atom. The highest BCUT2D eigenvalue weighted by molar-refractivity contribution is 5.97. The average Bonchev–Trinajstić information content (AvgIpc) is 2.50. The molecule has 0 spiro atoms. The molecule has 2 N–H and O–H groups in total. The van der Waals surface area contributed by atoms with Crippen LogP contribution < -0.4 is 14.8 Å². The molecule has 0 unspecified atom stereocenters. The van der Waals surface area contributed by atoms with E-state index in [0.29, 0.717) is 23.5 Å². The van der Waals surface area contributed by atoms with Crippen LogP contribution in [0.1, 0.15) is 50.4 Å². The van der Waals surface area contributed by atoms with E-state index < -0.39 is 17.9 Å². The van der Waals surface area contributed by atoms with Gasteiger partial charge in [-0.25, -0.2) is 4.79 Å². The van der Waals surface area contributed by atoms with Gasteiger partial charge in [-0.05, 0) is 38.5 Å². The standard InChI is InChI=1S/C17H25NO5/c1-5-6-7-13(17(20)21)18-16(19)12-8-9-14(23-11(2)3)15(10-12)22-4/h8-11,13H,5-7H2,1-4H3,(H,18,19)(H,20,21)/t13-/m0/s1. The molecule has 1 aromatic rings. The van der Waals surface area contributed by atoms with Gasteiger partial charge in [0.05, 0.1) is 13.2 Å². The maximum Gasteiger partial charge on any atom is 0.326 e. The molecule has 0 aliphatic rings. The predicted molar refractivity (Wildman–Crippen MR) is 87.2 cm³/mol. The molecule has 1 amide bonds. The van der Waals surface area contributed by atoms with Crippen LogP contribution in [0.2, 0.25) is 0 Å². The SMILES string of the molecule is CCCC[C@H](NC(=O)c1ccc(OC(C)C)c(OC)c1)C(=O)O. The van der Waals surface area contributed by atoms with Crippen LogP contribution in [-0.2, 0) is 4.79 Å². The third kappa shape index (κ3) is 5.81. The van der Waals surface area contributed by atoms with E-state index in [2.05, 4.69) is 5.32 Å². The number of rotatable bonds is 9. The van der Waals surface area contributed by atoms with Crippen LogP contribution in [0.4, 0.5) is 0 Å². The summed E-state index contributed by atoms with van der Waals surface area (Å²) >= 11 is 0. The van der Waals surface area contributed by atoms with E-state index in [4.69, 9.17) is 9.47 Å². The Bertz CT molecular complexity index is 542. The van der Waals surface area contributed by atoms with Crippen molar-refractivity contribution in [3.05, 3.63) is 23.8 Å². The summed E-state index contributed by atoms with van der Waals surface area (Å²) in [4.78, 5) is 23.5. The number of amides is 1. The number of carboxylic acid groups (broad SMARTS) is 1. The quantitative estimate of drug-likeness (QED) is 0.730. The highest BCUT2D eigenvalue weighted by atomic mass is 16.5. The number of nitrogens with one attached hydrogen (secondary N) is 1. The normalized spacial score (nSPS) is 11.9. The van der Waals surface area contributed by atoms with Gasteiger partial charge >= 0.3 is 5.97 Å². The maximum atomic E-state index is 12.3. The van der Waals surface area contributed by atoms with E-state index in [0.717, 1.165) is 12.8 Å². The van der Waals surface area contributed by atoms with Gasteiger partial charge in [0, 0.05) is 5.56 Å². The van der Waals surface area contributed by atoms with E-state index in [9.17, 15) is 14.7 Å². The summed E-state index contributed by atoms with van der Waals surface area (Å²) < 4.78 is 10.8. The second-order valence-electron chi connectivity index (χ2n) is 5.54. The van der Waals surface area contributed by atoms with Crippen LogP contribution >= 0.6 is 0 Å². The third-order valence-electron chi connectivity index (χ3n) is 3.24. The largest absolute Gasteiger partial charge is 0.493 e. The summed E-state index contributed by atoms with van der Waals surface area (Å²) in [6.07, 6.45) is 1.99. The minimum absolute atomic E-state index is 0.0194. The Kier molecular flexibility index (Phi) is 7.38. The van der Waals surface area contributed by atoms with E-state index in [1.165, 1.54) is 7.11 Å². The third-order valence-corrected chi connectivity index (χ3v) is 3.24. The maximum absolute atomic E-state index is 12.3. The smallest absolute Gasteiger partial charge is 0.326 e. The molecule has 0 saturated carbocycles. The molecular formula is C17H25NO5. The van der Waals surface area contributed by atoms with E-state index in [-0.39, 0.29) is 6.10 Å². The van der Waals surface area contributed by atoms with E-state index >= 15 is 0 Å². The first-order chi connectivity index (χ1) is 10.9. The van der Waals surface area contributed by atoms with Crippen molar-refractivity contribution in [1.82, 2.24) is 5.32 Å². The average molecular weight is 323 g/mol. The Morgan fingerprint density at radius 1 is 1.26 bits per heavy atom. The lowest BCUT2D eigenvalue weighted by molar-refractivity contribution is -0.139. The molecule has 6 nitrogen and oxygen atoms in total. The molecule has 1 rings (SSSR count). The lowest BCUT2D eigenvalue weighted by Crippen LogP contribution is -2.40. The minimum atomic E-state index is -1.03. The number of aliphatic carboxylic acids is 1. The van der Waals surface area contributed by atoms with E-state index in [1.807, 2.05) is 20.8 Å². The summed E-state index contributed by atoms with van der Waals surface area (Å²) in [5.74, 6) is -0.493. The fourth-order valence-electron chi connectivity index (χ4n) is 2.07. The van der Waals surface area contributed by atoms with E-state index in [1.54, 1.807) is 18.2 Å². The summed E-state index contributed by atoms with van der Waals surface area (Å²) in [5.41, 5.74) is 0.334. The molecule has 1 atom stereocenters. The van der Waals surface area contributed by atoms with Crippen LogP contribution in [0.25, 0.3) is 0 Å². The number of carbonyl (C=O) groups excluding carboxylic acids is 1. The number of methoxy groups -OCH3 is 1. The predicted octanol–water partition coefficient (Wildman–Crippen LogP) is 2.86. The summed E-state index contributed by atoms with van der Waals surface area (Å²) in [6, 6.07) is 3.90. The summed E-state index contributed by atoms with van der Waals surface area (Å²) in [5, 5.41) is 11.7. The topological polar surface area (TPSA) is 84.9 Å². The van der Waals surface area contributed by atoms with Crippen molar-refractivity contribution in [2.45, 2.75) is 52.2 Å². The second kappa shape index (κ2) is 9.02. The minimum Gasteiger partial charge on any atom is -0.493 e. The molecule has 0 aromatic heterocycles. The van der Waals surface area contributed by atoms with Gasteiger partial charge in [0.25, 0.3) is 5.91 Å². The van der Waals surface area contributed by atoms with Crippen molar-refractivity contribution in [3.8, 4) is 11.5 Å². The van der Waals surface area contributed by atoms with Gasteiger partial charge in [-0.2, -0.15) is 0 Å². The van der Waals surface area contributed by atoms with Crippen LogP contribution in [0.3, 0.4) is 0 Å². The summed E-state index contributed by atoms with van der Waals surface area (Å²) in [6.45, 7) is 5.76. The van der Waals surface area contributed by atoms with Crippen LogP contribution in [0, 0.1) is 0 Å². The molecule has 6 heteroatoms. The highest BCUT2D eigenvalue weighted by Gasteiger charge is 2.21. The first-order valence-electron chi connectivity index (χ1n) is 7.77. The molecule has 1 aromatic carbocycles. The highest BCUT2D eigenvalue weighted by Crippen LogP contribution is 2.29. The zero-order valence-electron chi connectivity index (χ0n) is 14.1. The molecule has 0 aliphatic carbocycles. The van der Waals surface area contributed by atoms with Crippen molar-refractivity contribution >= 4 is 11.9 Å². The Balaban J connectivity index is 2.88. The Hall–Kier alpha value is -2.24. The molecule has 0 saturated heterocycles. The number of benzene rings is 1. The molecular weight excluding hydrogens is 298 g/mol. The zero-order valence-corrected chi connectivity index (χ0v) is 14.1. The molecule has 23 heavy (non-hydrogen) atoms. The molecule has 128 valence electrons. The van der Waals surface area contributed by atoms with Crippen molar-refractivity contribution in [3.63, 3.8) is 0 Å². The number of hydrogen-bond acceptors (Lipinski definition) is 4. The molecule has 0 radical (unpaired) electrons. The molecule has 0 bridgehead atoms. The van der Waals surface area contributed by atoms with Crippen molar-refractivity contribution < 1.29 is 24.2 Å². The number of unbranched alkanes of at least 4 members (excludes halogenated alkanes) is 1. The number of ether oxygens (including phenoxy) is 2. The van der Waals surface area contributed by atoms with Crippen molar-refractivity contribution in [2.75, 3.05) is 7.11 Å². The number of hydrogen-bond donors (Lipinski definition) is 2. The zero-order chi connectivity index (χ0) is 17.4. The summed E-state index contributed by atoms with van der Waals surface area (Å²) in [7, 11) is 1.49. The van der Waals surface area contributed by atoms with Crippen molar-refractivity contribution in [1.29, 1.82) is 0 Å². The first-order valence-corrected chi connectivity index (χ1v) is 7.77. The Morgan fingerprint density at radius 3 is 2.48 bits per heavy atom. The van der Waals surface area contributed by atoms with Crippen LogP contribution in [0.5, 0.6) is 11.5 Å². The molecule has 0 fully saturated rings. The monoisotopic (exact) mass is 323 g/mol. The van der Waals surface area contributed by atoms with Gasteiger partial charge < -0.3 is 19.9 Å². The van der Waals surface area contributed by atoms with Crippen LogP contribution in [-0.4, -0.2) is 36.2 Å². The lowest BCUT2D eigenvalue weighted by atomic mass is 10.1. The second-order valence-corrected chi connectivity index (χ2v) is 5.54. The fourth-order valence-corrected chi connectivity index (χ4v) is 2.07. The first kappa shape index (κ1) is 18.8. The number of carbonyl (C=O) groups is 2. The van der Waals surface area contributed by atoms with Gasteiger partial charge in [-0.3, -0.25) is 4.79 Å². The van der Waals surface area contributed by atoms with Crippen molar-refractivity contribution in [2.24, 2.45) is 0 Å².